The molecule has 0 bridgehead atoms. The Labute approximate surface area is 171 Å². The number of urea groups is 1. The SMILES string of the molecule is CC(C)NC(=O)NC(=O)CN(Cc1ccco1)S(=O)(=O)c1cccc(C(F)(F)F)c1. The predicted molar refractivity (Wildman–Crippen MR) is 99.6 cm³/mol. The van der Waals surface area contributed by atoms with E-state index in [-0.39, 0.29) is 11.8 Å². The minimum atomic E-state index is -4.75. The van der Waals surface area contributed by atoms with Crippen LogP contribution in [0.25, 0.3) is 0 Å². The molecule has 0 aliphatic rings. The number of carbonyl (C=O) groups is 2. The molecule has 2 aromatic rings. The summed E-state index contributed by atoms with van der Waals surface area (Å²) in [5.41, 5.74) is -1.15. The number of halogens is 3. The zero-order valence-electron chi connectivity index (χ0n) is 16.1. The third kappa shape index (κ3) is 6.32. The summed E-state index contributed by atoms with van der Waals surface area (Å²) in [5, 5.41) is 4.38. The van der Waals surface area contributed by atoms with Crippen molar-refractivity contribution in [3.05, 3.63) is 54.0 Å². The van der Waals surface area contributed by atoms with Gasteiger partial charge in [-0.1, -0.05) is 6.07 Å². The Kier molecular flexibility index (Phi) is 7.26. The normalized spacial score (nSPS) is 12.2. The number of nitrogens with zero attached hydrogens (tertiary/aromatic N) is 1. The van der Waals surface area contributed by atoms with Gasteiger partial charge in [-0.05, 0) is 44.2 Å². The van der Waals surface area contributed by atoms with Crippen molar-refractivity contribution in [2.75, 3.05) is 6.54 Å². The molecule has 0 saturated heterocycles. The van der Waals surface area contributed by atoms with Crippen LogP contribution in [0.5, 0.6) is 0 Å². The number of hydrogen-bond donors (Lipinski definition) is 2. The lowest BCUT2D eigenvalue weighted by Gasteiger charge is -2.21. The first-order valence-corrected chi connectivity index (χ1v) is 10.1. The van der Waals surface area contributed by atoms with E-state index in [0.29, 0.717) is 10.4 Å². The fourth-order valence-corrected chi connectivity index (χ4v) is 3.82. The molecule has 1 heterocycles. The fraction of sp³-hybridized carbons (Fsp3) is 0.333. The second-order valence-electron chi connectivity index (χ2n) is 6.55. The molecule has 0 unspecified atom stereocenters. The monoisotopic (exact) mass is 447 g/mol. The first-order chi connectivity index (χ1) is 13.9. The standard InChI is InChI=1S/C18H20F3N3O5S/c1-12(2)22-17(26)23-16(25)11-24(10-14-6-4-8-29-14)30(27,28)15-7-3-5-13(9-15)18(19,20)21/h3-9,12H,10-11H2,1-2H3,(H2,22,23,25,26). The summed E-state index contributed by atoms with van der Waals surface area (Å²) in [5.74, 6) is -0.805. The molecule has 0 radical (unpaired) electrons. The molecule has 0 fully saturated rings. The van der Waals surface area contributed by atoms with Gasteiger partial charge in [0.25, 0.3) is 0 Å². The van der Waals surface area contributed by atoms with E-state index < -0.39 is 51.7 Å². The van der Waals surface area contributed by atoms with Crippen molar-refractivity contribution in [2.24, 2.45) is 0 Å². The van der Waals surface area contributed by atoms with E-state index in [1.165, 1.54) is 18.4 Å². The molecule has 12 heteroatoms. The second-order valence-corrected chi connectivity index (χ2v) is 8.49. The van der Waals surface area contributed by atoms with Crippen molar-refractivity contribution in [1.29, 1.82) is 0 Å². The zero-order valence-corrected chi connectivity index (χ0v) is 16.9. The molecule has 164 valence electrons. The van der Waals surface area contributed by atoms with E-state index in [4.69, 9.17) is 4.42 Å². The number of sulfonamides is 1. The first-order valence-electron chi connectivity index (χ1n) is 8.69. The average Bonchev–Trinajstić information content (AvgIpc) is 3.12. The number of alkyl halides is 3. The van der Waals surface area contributed by atoms with Gasteiger partial charge in [0.05, 0.1) is 29.8 Å². The van der Waals surface area contributed by atoms with E-state index in [9.17, 15) is 31.2 Å². The molecular formula is C18H20F3N3O5S. The Bertz CT molecular complexity index is 989. The van der Waals surface area contributed by atoms with Gasteiger partial charge >= 0.3 is 12.2 Å². The number of nitrogens with one attached hydrogen (secondary N) is 2. The van der Waals surface area contributed by atoms with Gasteiger partial charge in [0.2, 0.25) is 15.9 Å². The van der Waals surface area contributed by atoms with E-state index in [1.807, 2.05) is 5.32 Å². The lowest BCUT2D eigenvalue weighted by Crippen LogP contribution is -2.47. The first kappa shape index (κ1) is 23.4. The van der Waals surface area contributed by atoms with Crippen LogP contribution in [0, 0.1) is 0 Å². The van der Waals surface area contributed by atoms with E-state index in [0.717, 1.165) is 18.2 Å². The van der Waals surface area contributed by atoms with Crippen LogP contribution in [-0.2, 0) is 27.5 Å². The topological polar surface area (TPSA) is 109 Å². The van der Waals surface area contributed by atoms with Crippen LogP contribution in [0.15, 0.2) is 52.0 Å². The zero-order chi connectivity index (χ0) is 22.5. The van der Waals surface area contributed by atoms with Crippen molar-refractivity contribution in [1.82, 2.24) is 14.9 Å². The van der Waals surface area contributed by atoms with Crippen molar-refractivity contribution >= 4 is 22.0 Å². The summed E-state index contributed by atoms with van der Waals surface area (Å²) in [4.78, 5) is 23.2. The summed E-state index contributed by atoms with van der Waals surface area (Å²) in [6, 6.07) is 4.99. The highest BCUT2D eigenvalue weighted by Crippen LogP contribution is 2.31. The summed E-state index contributed by atoms with van der Waals surface area (Å²) >= 11 is 0. The summed E-state index contributed by atoms with van der Waals surface area (Å²) in [7, 11) is -4.53. The molecule has 0 atom stereocenters. The van der Waals surface area contributed by atoms with Gasteiger partial charge in [0.1, 0.15) is 5.76 Å². The Morgan fingerprint density at radius 2 is 1.87 bits per heavy atom. The van der Waals surface area contributed by atoms with Gasteiger partial charge in [-0.15, -0.1) is 0 Å². The third-order valence-corrected chi connectivity index (χ3v) is 5.49. The van der Waals surface area contributed by atoms with Crippen molar-refractivity contribution < 1.29 is 35.6 Å². The Balaban J connectivity index is 2.32. The third-order valence-electron chi connectivity index (χ3n) is 3.70. The number of benzene rings is 1. The van der Waals surface area contributed by atoms with Gasteiger partial charge in [0, 0.05) is 6.04 Å². The Hall–Kier alpha value is -2.86. The minimum Gasteiger partial charge on any atom is -0.468 e. The lowest BCUT2D eigenvalue weighted by atomic mass is 10.2. The second kappa shape index (κ2) is 9.30. The lowest BCUT2D eigenvalue weighted by molar-refractivity contribution is -0.137. The van der Waals surface area contributed by atoms with Gasteiger partial charge in [-0.3, -0.25) is 10.1 Å². The maximum absolute atomic E-state index is 13.0. The summed E-state index contributed by atoms with van der Waals surface area (Å²) in [6.45, 7) is 2.08. The van der Waals surface area contributed by atoms with Gasteiger partial charge in [-0.25, -0.2) is 13.2 Å². The largest absolute Gasteiger partial charge is 0.468 e. The Morgan fingerprint density at radius 1 is 1.17 bits per heavy atom. The number of rotatable bonds is 7. The number of imide groups is 1. The molecule has 1 aromatic carbocycles. The molecule has 0 saturated carbocycles. The summed E-state index contributed by atoms with van der Waals surface area (Å²) < 4.78 is 70.6. The van der Waals surface area contributed by atoms with Crippen LogP contribution in [0.4, 0.5) is 18.0 Å². The van der Waals surface area contributed by atoms with Crippen LogP contribution < -0.4 is 10.6 Å². The van der Waals surface area contributed by atoms with Gasteiger partial charge < -0.3 is 9.73 Å². The highest BCUT2D eigenvalue weighted by Gasteiger charge is 2.34. The number of amides is 3. The maximum Gasteiger partial charge on any atom is 0.416 e. The highest BCUT2D eigenvalue weighted by atomic mass is 32.2. The number of hydrogen-bond acceptors (Lipinski definition) is 5. The molecule has 0 aliphatic heterocycles. The maximum atomic E-state index is 13.0. The van der Waals surface area contributed by atoms with E-state index in [2.05, 4.69) is 5.32 Å². The predicted octanol–water partition coefficient (Wildman–Crippen LogP) is 2.72. The number of carbonyl (C=O) groups excluding carboxylic acids is 2. The van der Waals surface area contributed by atoms with Gasteiger partial charge in [0.15, 0.2) is 0 Å². The smallest absolute Gasteiger partial charge is 0.416 e. The molecular weight excluding hydrogens is 427 g/mol. The fourth-order valence-electron chi connectivity index (χ4n) is 2.41. The van der Waals surface area contributed by atoms with Crippen LogP contribution >= 0.6 is 0 Å². The van der Waals surface area contributed by atoms with Crippen molar-refractivity contribution in [2.45, 2.75) is 37.5 Å². The van der Waals surface area contributed by atoms with Crippen molar-refractivity contribution in [3.8, 4) is 0 Å². The molecule has 0 spiro atoms. The van der Waals surface area contributed by atoms with Crippen LogP contribution in [-0.4, -0.2) is 37.2 Å². The van der Waals surface area contributed by atoms with Crippen LogP contribution in [0.1, 0.15) is 25.2 Å². The molecule has 30 heavy (non-hydrogen) atoms. The van der Waals surface area contributed by atoms with Crippen molar-refractivity contribution in [3.63, 3.8) is 0 Å². The molecule has 2 rings (SSSR count). The number of furan rings is 1. The van der Waals surface area contributed by atoms with E-state index >= 15 is 0 Å². The van der Waals surface area contributed by atoms with Crippen LogP contribution in [0.3, 0.4) is 0 Å². The highest BCUT2D eigenvalue weighted by molar-refractivity contribution is 7.89. The average molecular weight is 447 g/mol. The molecule has 0 aliphatic carbocycles. The van der Waals surface area contributed by atoms with Gasteiger partial charge in [-0.2, -0.15) is 17.5 Å². The summed E-state index contributed by atoms with van der Waals surface area (Å²) in [6.07, 6.45) is -3.47. The quantitative estimate of drug-likeness (QED) is 0.679. The van der Waals surface area contributed by atoms with E-state index in [1.54, 1.807) is 13.8 Å². The van der Waals surface area contributed by atoms with Crippen LogP contribution in [0.2, 0.25) is 0 Å². The Morgan fingerprint density at radius 3 is 2.43 bits per heavy atom. The molecule has 1 aromatic heterocycles. The molecule has 8 nitrogen and oxygen atoms in total. The minimum absolute atomic E-state index is 0.157. The molecule has 3 amide bonds. The molecule has 2 N–H and O–H groups in total.